The van der Waals surface area contributed by atoms with Crippen LogP contribution in [0.5, 0.6) is 0 Å². The van der Waals surface area contributed by atoms with Crippen LogP contribution in [-0.2, 0) is 9.53 Å². The Kier molecular flexibility index (Phi) is 6.60. The number of carbonyl (C=O) groups excluding carboxylic acids is 1. The molecule has 10 unspecified atom stereocenters. The summed E-state index contributed by atoms with van der Waals surface area (Å²) in [5, 5.41) is 0. The SMILES string of the molecule is CC(N)CCCC(C)C1CCC2C3CCC4CC(OC=O)CCC4(C)C3CCC12C. The molecule has 0 heterocycles. The Morgan fingerprint density at radius 3 is 2.43 bits per heavy atom. The van der Waals surface area contributed by atoms with Crippen LogP contribution >= 0.6 is 0 Å². The molecule has 4 saturated carbocycles. The van der Waals surface area contributed by atoms with Gasteiger partial charge in [0.15, 0.2) is 0 Å². The van der Waals surface area contributed by atoms with Crippen LogP contribution in [0.25, 0.3) is 0 Å². The molecular formula is C27H47NO2. The van der Waals surface area contributed by atoms with Crippen LogP contribution in [0.3, 0.4) is 0 Å². The lowest BCUT2D eigenvalue weighted by Crippen LogP contribution is -2.54. The molecule has 30 heavy (non-hydrogen) atoms. The normalized spacial score (nSPS) is 47.5. The van der Waals surface area contributed by atoms with E-state index in [1.807, 2.05) is 0 Å². The molecular weight excluding hydrogens is 370 g/mol. The zero-order chi connectivity index (χ0) is 21.5. The number of hydrogen-bond acceptors (Lipinski definition) is 3. The smallest absolute Gasteiger partial charge is 0.293 e. The maximum absolute atomic E-state index is 10.9. The second-order valence-electron chi connectivity index (χ2n) is 12.4. The standard InChI is InChI=1S/C27H47NO2/c1-18(6-5-7-19(2)28)23-10-11-24-22-9-8-20-16-21(30-17-29)12-14-26(20,3)25(22)13-15-27(23,24)4/h17-25H,5-16,28H2,1-4H3. The van der Waals surface area contributed by atoms with Crippen LogP contribution in [0.4, 0.5) is 0 Å². The molecule has 4 aliphatic rings. The highest BCUT2D eigenvalue weighted by Gasteiger charge is 2.60. The minimum atomic E-state index is 0.180. The Morgan fingerprint density at radius 2 is 1.70 bits per heavy atom. The third-order valence-electron chi connectivity index (χ3n) is 10.9. The molecule has 4 rings (SSSR count). The first kappa shape index (κ1) is 22.6. The average molecular weight is 418 g/mol. The Balaban J connectivity index is 1.44. The third-order valence-corrected chi connectivity index (χ3v) is 10.9. The van der Waals surface area contributed by atoms with Crippen molar-refractivity contribution < 1.29 is 9.53 Å². The average Bonchev–Trinajstić information content (AvgIpc) is 3.05. The van der Waals surface area contributed by atoms with Gasteiger partial charge in [-0.2, -0.15) is 0 Å². The second-order valence-corrected chi connectivity index (χ2v) is 12.4. The van der Waals surface area contributed by atoms with Crippen LogP contribution in [0.2, 0.25) is 0 Å². The predicted molar refractivity (Wildman–Crippen MR) is 123 cm³/mol. The van der Waals surface area contributed by atoms with Gasteiger partial charge in [0.1, 0.15) is 6.10 Å². The lowest BCUT2D eigenvalue weighted by molar-refractivity contribution is -0.151. The van der Waals surface area contributed by atoms with E-state index in [1.54, 1.807) is 0 Å². The summed E-state index contributed by atoms with van der Waals surface area (Å²) in [6.45, 7) is 10.7. The maximum atomic E-state index is 10.9. The topological polar surface area (TPSA) is 52.3 Å². The van der Waals surface area contributed by atoms with Gasteiger partial charge in [-0.15, -0.1) is 0 Å². The van der Waals surface area contributed by atoms with Crippen LogP contribution in [0, 0.1) is 46.3 Å². The Labute approximate surface area is 185 Å². The number of rotatable bonds is 7. The van der Waals surface area contributed by atoms with Crippen molar-refractivity contribution in [1.82, 2.24) is 0 Å². The van der Waals surface area contributed by atoms with Gasteiger partial charge in [-0.1, -0.05) is 33.6 Å². The molecule has 0 radical (unpaired) electrons. The zero-order valence-electron chi connectivity index (χ0n) is 20.1. The Morgan fingerprint density at radius 1 is 0.967 bits per heavy atom. The van der Waals surface area contributed by atoms with Crippen molar-refractivity contribution in [2.24, 2.45) is 52.1 Å². The molecule has 0 bridgehead atoms. The van der Waals surface area contributed by atoms with Gasteiger partial charge >= 0.3 is 0 Å². The fraction of sp³-hybridized carbons (Fsp3) is 0.963. The van der Waals surface area contributed by atoms with E-state index in [2.05, 4.69) is 27.7 Å². The van der Waals surface area contributed by atoms with Gasteiger partial charge in [-0.3, -0.25) is 4.79 Å². The van der Waals surface area contributed by atoms with Gasteiger partial charge in [0, 0.05) is 6.04 Å². The summed E-state index contributed by atoms with van der Waals surface area (Å²) in [4.78, 5) is 10.9. The van der Waals surface area contributed by atoms with E-state index < -0.39 is 0 Å². The highest BCUT2D eigenvalue weighted by atomic mass is 16.5. The summed E-state index contributed by atoms with van der Waals surface area (Å²) in [7, 11) is 0. The number of hydrogen-bond donors (Lipinski definition) is 1. The fourth-order valence-electron chi connectivity index (χ4n) is 9.36. The molecule has 0 aromatic carbocycles. The molecule has 0 spiro atoms. The third kappa shape index (κ3) is 3.86. The molecule has 0 aromatic rings. The summed E-state index contributed by atoms with van der Waals surface area (Å²) in [5.41, 5.74) is 7.05. The molecule has 0 amide bonds. The van der Waals surface area contributed by atoms with Crippen LogP contribution in [-0.4, -0.2) is 18.6 Å². The van der Waals surface area contributed by atoms with Gasteiger partial charge < -0.3 is 10.5 Å². The molecule has 4 fully saturated rings. The number of ether oxygens (including phenoxy) is 1. The molecule has 0 aliphatic heterocycles. The molecule has 3 heteroatoms. The first-order valence-electron chi connectivity index (χ1n) is 13.1. The van der Waals surface area contributed by atoms with Crippen molar-refractivity contribution in [3.63, 3.8) is 0 Å². The summed E-state index contributed by atoms with van der Waals surface area (Å²) in [6, 6.07) is 0.350. The Hall–Kier alpha value is -0.570. The molecule has 2 N–H and O–H groups in total. The summed E-state index contributed by atoms with van der Waals surface area (Å²) in [6.07, 6.45) is 16.1. The summed E-state index contributed by atoms with van der Waals surface area (Å²) >= 11 is 0. The van der Waals surface area contributed by atoms with Crippen molar-refractivity contribution >= 4 is 6.47 Å². The summed E-state index contributed by atoms with van der Waals surface area (Å²) in [5.74, 6) is 5.31. The highest BCUT2D eigenvalue weighted by Crippen LogP contribution is 2.68. The molecule has 0 saturated heterocycles. The van der Waals surface area contributed by atoms with E-state index in [1.165, 1.54) is 64.2 Å². The fourth-order valence-corrected chi connectivity index (χ4v) is 9.36. The van der Waals surface area contributed by atoms with Crippen LogP contribution in [0.1, 0.15) is 105 Å². The molecule has 172 valence electrons. The minimum absolute atomic E-state index is 0.180. The van der Waals surface area contributed by atoms with Crippen molar-refractivity contribution in [2.75, 3.05) is 0 Å². The lowest BCUT2D eigenvalue weighted by Gasteiger charge is -2.61. The van der Waals surface area contributed by atoms with E-state index in [4.69, 9.17) is 10.5 Å². The second kappa shape index (κ2) is 8.75. The van der Waals surface area contributed by atoms with Gasteiger partial charge in [0.05, 0.1) is 0 Å². The molecule has 3 nitrogen and oxygen atoms in total. The molecule has 4 aliphatic carbocycles. The van der Waals surface area contributed by atoms with Crippen molar-refractivity contribution in [3.8, 4) is 0 Å². The lowest BCUT2D eigenvalue weighted by atomic mass is 9.44. The zero-order valence-corrected chi connectivity index (χ0v) is 20.1. The van der Waals surface area contributed by atoms with E-state index in [-0.39, 0.29) is 6.10 Å². The van der Waals surface area contributed by atoms with Gasteiger partial charge in [-0.05, 0) is 117 Å². The van der Waals surface area contributed by atoms with Gasteiger partial charge in [0.2, 0.25) is 0 Å². The quantitative estimate of drug-likeness (QED) is 0.492. The van der Waals surface area contributed by atoms with Crippen LogP contribution in [0.15, 0.2) is 0 Å². The number of carbonyl (C=O) groups is 1. The van der Waals surface area contributed by atoms with Crippen LogP contribution < -0.4 is 5.73 Å². The van der Waals surface area contributed by atoms with E-state index >= 15 is 0 Å². The Bertz CT molecular complexity index is 606. The number of fused-ring (bicyclic) bond motifs is 5. The van der Waals surface area contributed by atoms with E-state index in [0.717, 1.165) is 48.3 Å². The number of nitrogens with two attached hydrogens (primary N) is 1. The monoisotopic (exact) mass is 417 g/mol. The summed E-state index contributed by atoms with van der Waals surface area (Å²) < 4.78 is 5.40. The molecule has 0 aromatic heterocycles. The van der Waals surface area contributed by atoms with Gasteiger partial charge in [-0.25, -0.2) is 0 Å². The van der Waals surface area contributed by atoms with Crippen molar-refractivity contribution in [3.05, 3.63) is 0 Å². The minimum Gasteiger partial charge on any atom is -0.465 e. The van der Waals surface area contributed by atoms with E-state index in [9.17, 15) is 4.79 Å². The van der Waals surface area contributed by atoms with Crippen molar-refractivity contribution in [2.45, 2.75) is 117 Å². The van der Waals surface area contributed by atoms with Gasteiger partial charge in [0.25, 0.3) is 6.47 Å². The first-order chi connectivity index (χ1) is 14.3. The predicted octanol–water partition coefficient (Wildman–Crippen LogP) is 6.34. The largest absolute Gasteiger partial charge is 0.465 e. The first-order valence-corrected chi connectivity index (χ1v) is 13.1. The van der Waals surface area contributed by atoms with Crippen molar-refractivity contribution in [1.29, 1.82) is 0 Å². The highest BCUT2D eigenvalue weighted by molar-refractivity contribution is 5.37. The molecule has 10 atom stereocenters. The van der Waals surface area contributed by atoms with E-state index in [0.29, 0.717) is 23.3 Å². The maximum Gasteiger partial charge on any atom is 0.293 e.